The first-order chi connectivity index (χ1) is 29.1. The predicted molar refractivity (Wildman–Crippen MR) is 245 cm³/mol. The van der Waals surface area contributed by atoms with Gasteiger partial charge in [0, 0.05) is 16.7 Å². The maximum Gasteiger partial charge on any atom is 0.164 e. The van der Waals surface area contributed by atoms with E-state index in [9.17, 15) is 5.26 Å². The fourth-order valence-electron chi connectivity index (χ4n) is 13.3. The zero-order chi connectivity index (χ0) is 41.0. The molecular weight excluding hydrogens is 729 g/mol. The minimum absolute atomic E-state index is 0.270. The van der Waals surface area contributed by atoms with Gasteiger partial charge in [0.2, 0.25) is 0 Å². The average molecular weight is 787 g/mol. The Bertz CT molecular complexity index is 2390. The molecule has 4 bridgehead atoms. The largest absolute Gasteiger partial charge is 0.208 e. The van der Waals surface area contributed by atoms with Crippen LogP contribution in [0.5, 0.6) is 0 Å². The number of aromatic nitrogens is 3. The lowest BCUT2D eigenvalue weighted by Gasteiger charge is -2.50. The van der Waals surface area contributed by atoms with Gasteiger partial charge in [0.1, 0.15) is 0 Å². The van der Waals surface area contributed by atoms with Gasteiger partial charge in [-0.05, 0) is 162 Å². The van der Waals surface area contributed by atoms with Gasteiger partial charge in [-0.2, -0.15) is 5.26 Å². The molecule has 8 atom stereocenters. The fraction of sp³-hybridized carbons (Fsp3) is 0.393. The van der Waals surface area contributed by atoms with Gasteiger partial charge in [-0.3, -0.25) is 0 Å². The van der Waals surface area contributed by atoms with Crippen molar-refractivity contribution in [1.82, 2.24) is 15.0 Å². The number of nitrogens with zero attached hydrogens (tertiary/aromatic N) is 4. The van der Waals surface area contributed by atoms with E-state index in [-0.39, 0.29) is 10.8 Å². The van der Waals surface area contributed by atoms with E-state index in [4.69, 9.17) is 15.0 Å². The molecule has 4 aliphatic rings. The Hall–Kier alpha value is -5.40. The molecule has 4 saturated carbocycles. The summed E-state index contributed by atoms with van der Waals surface area (Å²) in [5.74, 6) is 6.82. The molecule has 0 spiro atoms. The Kier molecular flexibility index (Phi) is 10.1. The summed E-state index contributed by atoms with van der Waals surface area (Å²) in [6, 6.07) is 45.9. The Morgan fingerprint density at radius 2 is 0.833 bits per heavy atom. The van der Waals surface area contributed by atoms with E-state index in [1.807, 2.05) is 24.3 Å². The van der Waals surface area contributed by atoms with E-state index in [1.165, 1.54) is 75.3 Å². The molecule has 2 unspecified atom stereocenters. The molecule has 4 fully saturated rings. The maximum absolute atomic E-state index is 9.49. The van der Waals surface area contributed by atoms with E-state index in [0.717, 1.165) is 74.5 Å². The monoisotopic (exact) mass is 786 g/mol. The zero-order valence-corrected chi connectivity index (χ0v) is 35.9. The van der Waals surface area contributed by atoms with Crippen molar-refractivity contribution in [2.24, 2.45) is 35.5 Å². The van der Waals surface area contributed by atoms with Crippen LogP contribution in [-0.2, 0) is 10.8 Å². The number of benzene rings is 5. The van der Waals surface area contributed by atoms with Crippen LogP contribution < -0.4 is 0 Å². The summed E-state index contributed by atoms with van der Waals surface area (Å²) < 4.78 is 0. The topological polar surface area (TPSA) is 62.5 Å². The number of hydrogen-bond donors (Lipinski definition) is 0. The molecule has 0 N–H and O–H groups in total. The van der Waals surface area contributed by atoms with Crippen molar-refractivity contribution in [2.45, 2.75) is 103 Å². The first-order valence-electron chi connectivity index (χ1n) is 22.8. The highest BCUT2D eigenvalue weighted by Crippen LogP contribution is 2.55. The summed E-state index contributed by atoms with van der Waals surface area (Å²) in [7, 11) is 0. The number of fused-ring (bicyclic) bond motifs is 4. The molecule has 0 aliphatic heterocycles. The number of rotatable bonds is 7. The maximum atomic E-state index is 9.49. The number of nitriles is 1. The van der Waals surface area contributed by atoms with Crippen LogP contribution in [0.1, 0.15) is 109 Å². The zero-order valence-electron chi connectivity index (χ0n) is 35.9. The van der Waals surface area contributed by atoms with Gasteiger partial charge in [-0.1, -0.05) is 131 Å². The van der Waals surface area contributed by atoms with Crippen molar-refractivity contribution in [3.63, 3.8) is 0 Å². The third-order valence-electron chi connectivity index (χ3n) is 15.1. The summed E-state index contributed by atoms with van der Waals surface area (Å²) >= 11 is 0. The summed E-state index contributed by atoms with van der Waals surface area (Å²) in [6.45, 7) is 9.86. The SMILES string of the molecule is C[C@@H]1C[C@@H]2C[C@H](C)CC(c3ccc(-c4nc(-c5ccc(C67C[C@H](C)C[C@H](C[C@H](C)C6)C7)cc5)nc(-c5ccc(-c6ccc(C#N)cc6)c(-c6ccccc6)c5)n4)cc3)(C1)C2. The first kappa shape index (κ1) is 38.8. The van der Waals surface area contributed by atoms with E-state index >= 15 is 0 Å². The van der Waals surface area contributed by atoms with Gasteiger partial charge in [0.05, 0.1) is 11.6 Å². The van der Waals surface area contributed by atoms with E-state index in [2.05, 4.69) is 131 Å². The normalized spacial score (nSPS) is 28.4. The van der Waals surface area contributed by atoms with Crippen LogP contribution in [0.2, 0.25) is 0 Å². The van der Waals surface area contributed by atoms with Crippen molar-refractivity contribution in [3.8, 4) is 62.5 Å². The van der Waals surface area contributed by atoms with Gasteiger partial charge >= 0.3 is 0 Å². The van der Waals surface area contributed by atoms with Crippen LogP contribution in [0, 0.1) is 46.8 Å². The van der Waals surface area contributed by atoms with Crippen LogP contribution in [-0.4, -0.2) is 15.0 Å². The Morgan fingerprint density at radius 1 is 0.433 bits per heavy atom. The van der Waals surface area contributed by atoms with Crippen molar-refractivity contribution in [3.05, 3.63) is 138 Å². The van der Waals surface area contributed by atoms with Crippen molar-refractivity contribution >= 4 is 0 Å². The molecule has 1 aromatic heterocycles. The standard InChI is InChI=1S/C56H58N4/c1-36-24-41-25-37(2)30-55(29-36,33-41)48-19-14-45(15-20-48)52-58-53(46-16-21-49(22-17-46)56-31-38(3)26-42(34-56)27-39(4)32-56)60-54(59-52)47-18-23-50(44-12-10-40(35-57)11-13-44)51(28-47)43-8-6-5-7-9-43/h5-23,28,36-39,41-42H,24-27,29-34H2,1-4H3/t36-,37+,38-,39+,41-,42-,55?,56?. The predicted octanol–water partition coefficient (Wildman–Crippen LogP) is 14.3. The Balaban J connectivity index is 1.07. The third kappa shape index (κ3) is 7.40. The van der Waals surface area contributed by atoms with Crippen LogP contribution >= 0.6 is 0 Å². The smallest absolute Gasteiger partial charge is 0.164 e. The lowest BCUT2D eigenvalue weighted by molar-refractivity contribution is 0.0779. The molecule has 4 nitrogen and oxygen atoms in total. The van der Waals surface area contributed by atoms with E-state index in [0.29, 0.717) is 23.0 Å². The molecular formula is C56H58N4. The quantitative estimate of drug-likeness (QED) is 0.162. The highest BCUT2D eigenvalue weighted by atomic mass is 15.0. The lowest BCUT2D eigenvalue weighted by atomic mass is 9.54. The summed E-state index contributed by atoms with van der Waals surface area (Å²) in [4.78, 5) is 15.8. The minimum Gasteiger partial charge on any atom is -0.208 e. The molecule has 6 aromatic rings. The van der Waals surface area contributed by atoms with Gasteiger partial charge in [0.25, 0.3) is 0 Å². The Morgan fingerprint density at radius 3 is 1.28 bits per heavy atom. The fourth-order valence-corrected chi connectivity index (χ4v) is 13.3. The molecule has 0 radical (unpaired) electrons. The first-order valence-corrected chi connectivity index (χ1v) is 22.8. The van der Waals surface area contributed by atoms with E-state index in [1.54, 1.807) is 0 Å². The molecule has 10 rings (SSSR count). The van der Waals surface area contributed by atoms with Gasteiger partial charge in [0.15, 0.2) is 17.5 Å². The molecule has 60 heavy (non-hydrogen) atoms. The van der Waals surface area contributed by atoms with Crippen molar-refractivity contribution < 1.29 is 0 Å². The molecule has 4 aliphatic carbocycles. The minimum atomic E-state index is 0.270. The van der Waals surface area contributed by atoms with E-state index < -0.39 is 0 Å². The molecule has 5 aromatic carbocycles. The van der Waals surface area contributed by atoms with Crippen LogP contribution in [0.4, 0.5) is 0 Å². The van der Waals surface area contributed by atoms with Gasteiger partial charge in [-0.15, -0.1) is 0 Å². The highest BCUT2D eigenvalue weighted by Gasteiger charge is 2.46. The third-order valence-corrected chi connectivity index (χ3v) is 15.1. The summed E-state index contributed by atoms with van der Waals surface area (Å²) in [6.07, 6.45) is 13.3. The second-order valence-corrected chi connectivity index (χ2v) is 20.2. The van der Waals surface area contributed by atoms with Gasteiger partial charge in [-0.25, -0.2) is 15.0 Å². The van der Waals surface area contributed by atoms with Gasteiger partial charge < -0.3 is 0 Å². The molecule has 4 heteroatoms. The Labute approximate surface area is 357 Å². The lowest BCUT2D eigenvalue weighted by Crippen LogP contribution is -2.42. The highest BCUT2D eigenvalue weighted by molar-refractivity contribution is 5.86. The second-order valence-electron chi connectivity index (χ2n) is 20.2. The summed E-state index contributed by atoms with van der Waals surface area (Å²) in [5.41, 5.74) is 11.5. The molecule has 1 heterocycles. The van der Waals surface area contributed by atoms with Crippen LogP contribution in [0.25, 0.3) is 56.4 Å². The molecule has 0 amide bonds. The van der Waals surface area contributed by atoms with Crippen molar-refractivity contribution in [1.29, 1.82) is 5.26 Å². The summed E-state index contributed by atoms with van der Waals surface area (Å²) in [5, 5.41) is 9.49. The van der Waals surface area contributed by atoms with Crippen molar-refractivity contribution in [2.75, 3.05) is 0 Å². The van der Waals surface area contributed by atoms with Crippen LogP contribution in [0.3, 0.4) is 0 Å². The molecule has 302 valence electrons. The number of hydrogen-bond acceptors (Lipinski definition) is 4. The average Bonchev–Trinajstić information content (AvgIpc) is 3.25. The molecule has 0 saturated heterocycles. The van der Waals surface area contributed by atoms with Crippen LogP contribution in [0.15, 0.2) is 121 Å². The second kappa shape index (κ2) is 15.6.